The van der Waals surface area contributed by atoms with Gasteiger partial charge in [0.1, 0.15) is 5.75 Å². The first-order valence-corrected chi connectivity index (χ1v) is 8.85. The highest BCUT2D eigenvalue weighted by Crippen LogP contribution is 2.46. The summed E-state index contributed by atoms with van der Waals surface area (Å²) >= 11 is 0. The van der Waals surface area contributed by atoms with Crippen molar-refractivity contribution in [2.24, 2.45) is 0 Å². The van der Waals surface area contributed by atoms with Crippen molar-refractivity contribution in [3.05, 3.63) is 72.8 Å². The quantitative estimate of drug-likeness (QED) is 0.486. The number of phenolic OH excluding ortho intramolecular Hbond substituents is 1. The van der Waals surface area contributed by atoms with E-state index in [-0.39, 0.29) is 11.5 Å². The summed E-state index contributed by atoms with van der Waals surface area (Å²) in [4.78, 5) is 9.26. The zero-order valence-corrected chi connectivity index (χ0v) is 14.0. The Bertz CT molecular complexity index is 1120. The van der Waals surface area contributed by atoms with Gasteiger partial charge in [0.2, 0.25) is 0 Å². The topological polar surface area (TPSA) is 66.8 Å². The summed E-state index contributed by atoms with van der Waals surface area (Å²) in [6, 6.07) is 22.3. The number of aromatic hydroxyl groups is 1. The van der Waals surface area contributed by atoms with Gasteiger partial charge >= 0.3 is 8.25 Å². The zero-order valence-electron chi connectivity index (χ0n) is 13.1. The van der Waals surface area contributed by atoms with Gasteiger partial charge in [-0.05, 0) is 33.7 Å². The minimum Gasteiger partial charge on any atom is -0.507 e. The Morgan fingerprint density at radius 3 is 1.92 bits per heavy atom. The van der Waals surface area contributed by atoms with Crippen LogP contribution >= 0.6 is 8.25 Å². The van der Waals surface area contributed by atoms with Gasteiger partial charge in [-0.25, -0.2) is 4.52 Å². The maximum atomic E-state index is 11.3. The van der Waals surface area contributed by atoms with Crippen molar-refractivity contribution in [2.45, 2.75) is 0 Å². The lowest BCUT2D eigenvalue weighted by atomic mass is 9.92. The van der Waals surface area contributed by atoms with Crippen LogP contribution in [0, 0.1) is 0 Å². The van der Waals surface area contributed by atoms with E-state index in [2.05, 4.69) is 0 Å². The maximum Gasteiger partial charge on any atom is 0.747 e. The molecule has 1 unspecified atom stereocenters. The van der Waals surface area contributed by atoms with Gasteiger partial charge in [-0.3, -0.25) is 0 Å². The van der Waals surface area contributed by atoms with E-state index in [1.807, 2.05) is 60.7 Å². The van der Waals surface area contributed by atoms with E-state index < -0.39 is 8.25 Å². The second kappa shape index (κ2) is 6.17. The minimum absolute atomic E-state index is 0.0908. The highest BCUT2D eigenvalue weighted by atomic mass is 31.1. The summed E-state index contributed by atoms with van der Waals surface area (Å²) in [6.45, 7) is 0. The molecule has 0 saturated heterocycles. The fourth-order valence-corrected chi connectivity index (χ4v) is 3.51. The molecule has 0 aliphatic rings. The Hall–Kier alpha value is -2.94. The van der Waals surface area contributed by atoms with Crippen LogP contribution in [-0.4, -0.2) is 10.00 Å². The largest absolute Gasteiger partial charge is 0.747 e. The average molecular weight is 349 g/mol. The van der Waals surface area contributed by atoms with Crippen molar-refractivity contribution < 1.29 is 19.1 Å². The summed E-state index contributed by atoms with van der Waals surface area (Å²) < 4.78 is 16.5. The van der Waals surface area contributed by atoms with Crippen molar-refractivity contribution >= 4 is 29.8 Å². The Kier molecular flexibility index (Phi) is 3.85. The number of phenols is 1. The van der Waals surface area contributed by atoms with Gasteiger partial charge in [-0.15, -0.1) is 4.89 Å². The fraction of sp³-hybridized carbons (Fsp3) is 0. The Morgan fingerprint density at radius 1 is 0.720 bits per heavy atom. The van der Waals surface area contributed by atoms with E-state index in [0.717, 1.165) is 21.5 Å². The van der Waals surface area contributed by atoms with Gasteiger partial charge in [-0.2, -0.15) is 0 Å². The Morgan fingerprint density at radius 2 is 1.28 bits per heavy atom. The molecule has 0 aromatic heterocycles. The second-order valence-corrected chi connectivity index (χ2v) is 6.33. The monoisotopic (exact) mass is 349 g/mol. The molecule has 0 spiro atoms. The molecule has 0 radical (unpaired) electrons. The minimum atomic E-state index is -2.82. The summed E-state index contributed by atoms with van der Waals surface area (Å²) in [5.41, 5.74) is 1.19. The van der Waals surface area contributed by atoms with Gasteiger partial charge in [0.15, 0.2) is 5.75 Å². The van der Waals surface area contributed by atoms with Crippen molar-refractivity contribution in [1.29, 1.82) is 0 Å². The van der Waals surface area contributed by atoms with E-state index in [1.165, 1.54) is 0 Å². The SMILES string of the molecule is O=[P+](O)Oc1ccc2ccccc2c1-c1c(O)ccc2ccccc12. The molecule has 4 aromatic carbocycles. The van der Waals surface area contributed by atoms with E-state index in [1.54, 1.807) is 12.1 Å². The molecule has 0 aliphatic heterocycles. The van der Waals surface area contributed by atoms with Crippen LogP contribution in [0.3, 0.4) is 0 Å². The molecule has 0 saturated carbocycles. The number of fused-ring (bicyclic) bond motifs is 2. The van der Waals surface area contributed by atoms with Gasteiger partial charge in [0.25, 0.3) is 0 Å². The van der Waals surface area contributed by atoms with Crippen LogP contribution in [-0.2, 0) is 4.57 Å². The van der Waals surface area contributed by atoms with Crippen molar-refractivity contribution in [3.8, 4) is 22.6 Å². The maximum absolute atomic E-state index is 11.3. The molecule has 5 heteroatoms. The average Bonchev–Trinajstić information content (AvgIpc) is 2.62. The predicted molar refractivity (Wildman–Crippen MR) is 99.0 cm³/mol. The molecule has 4 aromatic rings. The third-order valence-corrected chi connectivity index (χ3v) is 4.58. The standard InChI is InChI=1S/C20H13O4P/c21-17-11-9-13-5-1-3-7-15(13)19(17)20-16-8-4-2-6-14(16)10-12-18(20)24-25(22)23/h1-12H,(H-,21,22,23)/p+1. The van der Waals surface area contributed by atoms with Gasteiger partial charge in [0, 0.05) is 15.7 Å². The van der Waals surface area contributed by atoms with Gasteiger partial charge < -0.3 is 5.11 Å². The first kappa shape index (κ1) is 15.6. The molecule has 122 valence electrons. The normalized spacial score (nSPS) is 11.6. The molecule has 0 fully saturated rings. The van der Waals surface area contributed by atoms with Crippen molar-refractivity contribution in [1.82, 2.24) is 0 Å². The van der Waals surface area contributed by atoms with Crippen LogP contribution < -0.4 is 4.52 Å². The lowest BCUT2D eigenvalue weighted by Crippen LogP contribution is -1.90. The number of hydrogen-bond donors (Lipinski definition) is 2. The zero-order chi connectivity index (χ0) is 17.4. The molecule has 0 heterocycles. The van der Waals surface area contributed by atoms with Crippen LogP contribution in [0.25, 0.3) is 32.7 Å². The number of hydrogen-bond acceptors (Lipinski definition) is 3. The lowest BCUT2D eigenvalue weighted by molar-refractivity contribution is 0.411. The number of rotatable bonds is 3. The molecular weight excluding hydrogens is 335 g/mol. The number of benzene rings is 4. The molecule has 0 amide bonds. The van der Waals surface area contributed by atoms with E-state index in [4.69, 9.17) is 4.52 Å². The first-order chi connectivity index (χ1) is 12.1. The molecule has 2 N–H and O–H groups in total. The first-order valence-electron chi connectivity index (χ1n) is 7.72. The van der Waals surface area contributed by atoms with E-state index >= 15 is 0 Å². The van der Waals surface area contributed by atoms with Crippen molar-refractivity contribution in [2.75, 3.05) is 0 Å². The molecular formula is C20H14O4P+. The molecule has 0 aliphatic carbocycles. The second-order valence-electron chi connectivity index (χ2n) is 5.67. The van der Waals surface area contributed by atoms with Crippen LogP contribution in [0.2, 0.25) is 0 Å². The van der Waals surface area contributed by atoms with Crippen LogP contribution in [0.1, 0.15) is 0 Å². The summed E-state index contributed by atoms with van der Waals surface area (Å²) in [6.07, 6.45) is 0. The van der Waals surface area contributed by atoms with Gasteiger partial charge in [-0.1, -0.05) is 60.7 Å². The van der Waals surface area contributed by atoms with E-state index in [0.29, 0.717) is 11.1 Å². The summed E-state index contributed by atoms with van der Waals surface area (Å²) in [5.74, 6) is 0.349. The third kappa shape index (κ3) is 2.72. The third-order valence-electron chi connectivity index (χ3n) is 4.22. The van der Waals surface area contributed by atoms with E-state index in [9.17, 15) is 14.6 Å². The summed E-state index contributed by atoms with van der Waals surface area (Å²) in [7, 11) is -2.82. The van der Waals surface area contributed by atoms with Gasteiger partial charge in [0.05, 0.1) is 0 Å². The summed E-state index contributed by atoms with van der Waals surface area (Å²) in [5, 5.41) is 14.2. The van der Waals surface area contributed by atoms with Crippen LogP contribution in [0.4, 0.5) is 0 Å². The molecule has 4 nitrogen and oxygen atoms in total. The highest BCUT2D eigenvalue weighted by molar-refractivity contribution is 7.32. The predicted octanol–water partition coefficient (Wildman–Crippen LogP) is 5.39. The molecule has 4 rings (SSSR count). The van der Waals surface area contributed by atoms with Crippen LogP contribution in [0.15, 0.2) is 72.8 Å². The van der Waals surface area contributed by atoms with Crippen molar-refractivity contribution in [3.63, 3.8) is 0 Å². The lowest BCUT2D eigenvalue weighted by Gasteiger charge is -2.13. The smallest absolute Gasteiger partial charge is 0.507 e. The Labute approximate surface area is 144 Å². The molecule has 0 bridgehead atoms. The molecule has 25 heavy (non-hydrogen) atoms. The highest BCUT2D eigenvalue weighted by Gasteiger charge is 2.23. The van der Waals surface area contributed by atoms with Crippen LogP contribution in [0.5, 0.6) is 11.5 Å². The fourth-order valence-electron chi connectivity index (χ4n) is 3.19. The Balaban J connectivity index is 2.16. The molecule has 1 atom stereocenters.